The molecule has 1 aromatic heterocycles. The van der Waals surface area contributed by atoms with Crippen LogP contribution in [0.25, 0.3) is 0 Å². The third-order valence-electron chi connectivity index (χ3n) is 4.76. The largest absolute Gasteiger partial charge is 0.367 e. The highest BCUT2D eigenvalue weighted by Crippen LogP contribution is 2.42. The minimum absolute atomic E-state index is 0.0255. The molecule has 0 unspecified atom stereocenters. The summed E-state index contributed by atoms with van der Waals surface area (Å²) < 4.78 is 29.1. The molecule has 4 rings (SSSR count). The predicted molar refractivity (Wildman–Crippen MR) is 94.1 cm³/mol. The summed E-state index contributed by atoms with van der Waals surface area (Å²) in [4.78, 5) is 12.6. The predicted octanol–water partition coefficient (Wildman–Crippen LogP) is 4.30. The fourth-order valence-electron chi connectivity index (χ4n) is 3.27. The van der Waals surface area contributed by atoms with Gasteiger partial charge in [0.2, 0.25) is 0 Å². The smallest absolute Gasteiger partial charge is 0.261 e. The Bertz CT molecular complexity index is 788. The van der Waals surface area contributed by atoms with Crippen LogP contribution in [0.1, 0.15) is 35.7 Å². The van der Waals surface area contributed by atoms with Crippen molar-refractivity contribution >= 4 is 33.3 Å². The Labute approximate surface area is 151 Å². The van der Waals surface area contributed by atoms with Gasteiger partial charge in [0.15, 0.2) is 0 Å². The molecule has 0 spiro atoms. The average Bonchev–Trinajstić information content (AvgIpc) is 3.35. The van der Waals surface area contributed by atoms with E-state index in [1.165, 1.54) is 10.9 Å². The van der Waals surface area contributed by atoms with Crippen molar-refractivity contribution in [3.8, 4) is 0 Å². The topological polar surface area (TPSA) is 59.0 Å². The monoisotopic (exact) mass is 410 g/mol. The Hall–Kier alpha value is -1.96. The van der Waals surface area contributed by atoms with Crippen LogP contribution in [-0.2, 0) is 0 Å². The maximum Gasteiger partial charge on any atom is 0.261 e. The molecule has 2 heterocycles. The number of aromatic nitrogens is 2. The van der Waals surface area contributed by atoms with E-state index in [0.717, 1.165) is 17.3 Å². The number of fused-ring (bicyclic) bond motifs is 1. The van der Waals surface area contributed by atoms with Crippen molar-refractivity contribution in [1.82, 2.24) is 9.78 Å². The molecule has 1 aliphatic carbocycles. The molecule has 1 amide bonds. The van der Waals surface area contributed by atoms with Crippen LogP contribution in [0.4, 0.5) is 20.3 Å². The van der Waals surface area contributed by atoms with Crippen LogP contribution in [0.5, 0.6) is 0 Å². The van der Waals surface area contributed by atoms with E-state index in [-0.39, 0.29) is 11.9 Å². The molecule has 0 radical (unpaired) electrons. The van der Waals surface area contributed by atoms with Gasteiger partial charge in [-0.1, -0.05) is 15.9 Å². The van der Waals surface area contributed by atoms with Gasteiger partial charge in [-0.05, 0) is 49.4 Å². The SMILES string of the molecule is O=C(Nc1ccc(Br)cc1)c1cnn2c1N[C@H](C1CC1)C[C@@H]2C(F)F. The highest BCUT2D eigenvalue weighted by molar-refractivity contribution is 9.10. The molecule has 2 aromatic rings. The lowest BCUT2D eigenvalue weighted by atomic mass is 10.00. The summed E-state index contributed by atoms with van der Waals surface area (Å²) in [6.45, 7) is 0. The van der Waals surface area contributed by atoms with Crippen LogP contribution in [0.2, 0.25) is 0 Å². The lowest BCUT2D eigenvalue weighted by Crippen LogP contribution is -2.37. The molecule has 1 aromatic carbocycles. The van der Waals surface area contributed by atoms with Gasteiger partial charge in [0.05, 0.1) is 6.20 Å². The van der Waals surface area contributed by atoms with Crippen LogP contribution < -0.4 is 10.6 Å². The van der Waals surface area contributed by atoms with Crippen molar-refractivity contribution < 1.29 is 13.6 Å². The summed E-state index contributed by atoms with van der Waals surface area (Å²) in [6, 6.07) is 6.15. The van der Waals surface area contributed by atoms with E-state index < -0.39 is 12.5 Å². The number of amides is 1. The van der Waals surface area contributed by atoms with Crippen LogP contribution in [0.3, 0.4) is 0 Å². The average molecular weight is 411 g/mol. The maximum atomic E-state index is 13.5. The molecule has 1 aliphatic heterocycles. The molecule has 0 bridgehead atoms. The van der Waals surface area contributed by atoms with E-state index in [1.54, 1.807) is 12.1 Å². The van der Waals surface area contributed by atoms with Crippen LogP contribution in [0, 0.1) is 5.92 Å². The second kappa shape index (κ2) is 6.40. The van der Waals surface area contributed by atoms with Crippen molar-refractivity contribution in [2.75, 3.05) is 10.6 Å². The summed E-state index contributed by atoms with van der Waals surface area (Å²) in [6.07, 6.45) is 1.28. The summed E-state index contributed by atoms with van der Waals surface area (Å²) in [7, 11) is 0. The van der Waals surface area contributed by atoms with Crippen molar-refractivity contribution in [3.05, 3.63) is 40.5 Å². The van der Waals surface area contributed by atoms with E-state index in [9.17, 15) is 13.6 Å². The number of alkyl halides is 2. The highest BCUT2D eigenvalue weighted by Gasteiger charge is 2.41. The van der Waals surface area contributed by atoms with Crippen molar-refractivity contribution in [2.45, 2.75) is 37.8 Å². The van der Waals surface area contributed by atoms with E-state index in [2.05, 4.69) is 31.7 Å². The molecule has 1 fully saturated rings. The molecule has 2 N–H and O–H groups in total. The fourth-order valence-corrected chi connectivity index (χ4v) is 3.53. The van der Waals surface area contributed by atoms with E-state index in [0.29, 0.717) is 29.4 Å². The third kappa shape index (κ3) is 3.27. The molecule has 0 saturated heterocycles. The minimum atomic E-state index is -2.51. The second-order valence-electron chi connectivity index (χ2n) is 6.54. The van der Waals surface area contributed by atoms with Gasteiger partial charge >= 0.3 is 0 Å². The first-order chi connectivity index (χ1) is 12.0. The Balaban J connectivity index is 1.60. The highest BCUT2D eigenvalue weighted by atomic mass is 79.9. The van der Waals surface area contributed by atoms with Crippen LogP contribution >= 0.6 is 15.9 Å². The van der Waals surface area contributed by atoms with Gasteiger partial charge in [-0.15, -0.1) is 0 Å². The maximum absolute atomic E-state index is 13.5. The lowest BCUT2D eigenvalue weighted by Gasteiger charge is -2.32. The minimum Gasteiger partial charge on any atom is -0.367 e. The number of nitrogens with zero attached hydrogens (tertiary/aromatic N) is 2. The fraction of sp³-hybridized carbons (Fsp3) is 0.412. The van der Waals surface area contributed by atoms with E-state index in [1.807, 2.05) is 12.1 Å². The first-order valence-electron chi connectivity index (χ1n) is 8.22. The van der Waals surface area contributed by atoms with Crippen molar-refractivity contribution in [3.63, 3.8) is 0 Å². The summed E-state index contributed by atoms with van der Waals surface area (Å²) in [5, 5.41) is 10.1. The Morgan fingerprint density at radius 1 is 1.32 bits per heavy atom. The zero-order valence-corrected chi connectivity index (χ0v) is 14.8. The lowest BCUT2D eigenvalue weighted by molar-refractivity contribution is 0.0644. The molecule has 8 heteroatoms. The van der Waals surface area contributed by atoms with Gasteiger partial charge < -0.3 is 10.6 Å². The number of hydrogen-bond acceptors (Lipinski definition) is 3. The van der Waals surface area contributed by atoms with Gasteiger partial charge in [0, 0.05) is 16.2 Å². The third-order valence-corrected chi connectivity index (χ3v) is 5.28. The van der Waals surface area contributed by atoms with E-state index in [4.69, 9.17) is 0 Å². The number of hydrogen-bond donors (Lipinski definition) is 2. The zero-order valence-electron chi connectivity index (χ0n) is 13.3. The molecule has 1 saturated carbocycles. The number of carbonyl (C=O) groups is 1. The number of rotatable bonds is 4. The number of nitrogens with one attached hydrogen (secondary N) is 2. The van der Waals surface area contributed by atoms with Crippen LogP contribution in [0.15, 0.2) is 34.9 Å². The number of halogens is 3. The first-order valence-corrected chi connectivity index (χ1v) is 9.01. The van der Waals surface area contributed by atoms with Crippen molar-refractivity contribution in [1.29, 1.82) is 0 Å². The normalized spacial score (nSPS) is 22.4. The summed E-state index contributed by atoms with van der Waals surface area (Å²) in [5.41, 5.74) is 0.923. The second-order valence-corrected chi connectivity index (χ2v) is 7.45. The van der Waals surface area contributed by atoms with Crippen molar-refractivity contribution in [2.24, 2.45) is 5.92 Å². The number of anilines is 2. The Morgan fingerprint density at radius 2 is 2.04 bits per heavy atom. The quantitative estimate of drug-likeness (QED) is 0.789. The number of benzene rings is 1. The molecule has 5 nitrogen and oxygen atoms in total. The molecule has 25 heavy (non-hydrogen) atoms. The van der Waals surface area contributed by atoms with Gasteiger partial charge in [0.1, 0.15) is 17.4 Å². The molecular formula is C17H17BrF2N4O. The van der Waals surface area contributed by atoms with E-state index >= 15 is 0 Å². The molecular weight excluding hydrogens is 394 g/mol. The standard InChI is InChI=1S/C17H17BrF2N4O/c18-10-3-5-11(6-4-10)22-17(25)12-8-21-24-14(15(19)20)7-13(9-1-2-9)23-16(12)24/h3-6,8-9,13-15,23H,1-2,7H2,(H,22,25)/t13-,14+/m0/s1. The van der Waals surface area contributed by atoms with Gasteiger partial charge in [0.25, 0.3) is 12.3 Å². The van der Waals surface area contributed by atoms with Crippen LogP contribution in [-0.4, -0.2) is 28.2 Å². The zero-order chi connectivity index (χ0) is 17.6. The summed E-state index contributed by atoms with van der Waals surface area (Å²) >= 11 is 3.34. The Morgan fingerprint density at radius 3 is 2.68 bits per heavy atom. The van der Waals surface area contributed by atoms with Gasteiger partial charge in [-0.2, -0.15) is 5.10 Å². The molecule has 132 valence electrons. The van der Waals surface area contributed by atoms with Gasteiger partial charge in [-0.3, -0.25) is 4.79 Å². The Kier molecular flexibility index (Phi) is 4.23. The van der Waals surface area contributed by atoms with Gasteiger partial charge in [-0.25, -0.2) is 13.5 Å². The summed E-state index contributed by atoms with van der Waals surface area (Å²) in [5.74, 6) is 0.441. The molecule has 2 aliphatic rings. The first kappa shape index (κ1) is 16.5. The molecule has 2 atom stereocenters. The number of carbonyl (C=O) groups excluding carboxylic acids is 1.